The van der Waals surface area contributed by atoms with Gasteiger partial charge < -0.3 is 9.67 Å². The largest absolute Gasteiger partial charge is 0.478 e. The molecule has 0 aliphatic heterocycles. The summed E-state index contributed by atoms with van der Waals surface area (Å²) in [6, 6.07) is 12.1. The number of benzene rings is 2. The number of nitrogens with zero attached hydrogens (tertiary/aromatic N) is 1. The predicted molar refractivity (Wildman–Crippen MR) is 117 cm³/mol. The van der Waals surface area contributed by atoms with E-state index in [0.717, 1.165) is 16.7 Å². The van der Waals surface area contributed by atoms with E-state index in [-0.39, 0.29) is 28.6 Å². The molecule has 0 saturated heterocycles. The van der Waals surface area contributed by atoms with Gasteiger partial charge in [0.25, 0.3) is 11.3 Å². The summed E-state index contributed by atoms with van der Waals surface area (Å²) in [6.07, 6.45) is 0.146. The summed E-state index contributed by atoms with van der Waals surface area (Å²) in [6.45, 7) is 1.45. The Morgan fingerprint density at radius 3 is 2.28 bits per heavy atom. The number of carbonyl (C=O) groups excluding carboxylic acids is 1. The number of halogens is 4. The van der Waals surface area contributed by atoms with Gasteiger partial charge >= 0.3 is 11.9 Å². The molecular formula is C23H17Cl2F2NO4. The SMILES string of the molecule is Cc1cccc(C(F)(F)C(=O)c2c(Cl)cc(Cl)c(=O)n2CCc2ccc(C(=O)O)cc2)c1. The Hall–Kier alpha value is -3.03. The first kappa shape index (κ1) is 23.6. The van der Waals surface area contributed by atoms with Gasteiger partial charge in [0, 0.05) is 12.1 Å². The number of pyridine rings is 1. The van der Waals surface area contributed by atoms with Crippen LogP contribution in [0.4, 0.5) is 8.78 Å². The molecule has 2 aromatic carbocycles. The van der Waals surface area contributed by atoms with E-state index in [9.17, 15) is 14.4 Å². The molecule has 0 atom stereocenters. The molecule has 0 amide bonds. The average Bonchev–Trinajstić information content (AvgIpc) is 2.75. The highest BCUT2D eigenvalue weighted by Gasteiger charge is 2.44. The molecule has 1 heterocycles. The number of rotatable bonds is 7. The lowest BCUT2D eigenvalue weighted by molar-refractivity contribution is 0.00637. The molecule has 0 bridgehead atoms. The van der Waals surface area contributed by atoms with Crippen LogP contribution >= 0.6 is 23.2 Å². The number of Topliss-reactive ketones (excluding diaryl/α,β-unsaturated/α-hetero) is 1. The number of aryl methyl sites for hydroxylation is 2. The third kappa shape index (κ3) is 4.74. The van der Waals surface area contributed by atoms with Crippen LogP contribution in [0.15, 0.2) is 59.4 Å². The zero-order chi connectivity index (χ0) is 23.6. The Bertz CT molecular complexity index is 1250. The third-order valence-corrected chi connectivity index (χ3v) is 5.46. The number of aromatic carboxylic acids is 1. The van der Waals surface area contributed by atoms with E-state index in [1.54, 1.807) is 13.0 Å². The number of ketones is 1. The summed E-state index contributed by atoms with van der Waals surface area (Å²) in [5, 5.41) is 8.30. The van der Waals surface area contributed by atoms with Crippen LogP contribution in [0.2, 0.25) is 10.0 Å². The maximum absolute atomic E-state index is 15.1. The first-order valence-electron chi connectivity index (χ1n) is 9.43. The number of alkyl halides is 2. The van der Waals surface area contributed by atoms with Gasteiger partial charge in [0.15, 0.2) is 0 Å². The number of hydrogen-bond acceptors (Lipinski definition) is 3. The monoisotopic (exact) mass is 479 g/mol. The topological polar surface area (TPSA) is 76.4 Å². The number of carboxylic acid groups (broad SMARTS) is 1. The molecule has 166 valence electrons. The van der Waals surface area contributed by atoms with Gasteiger partial charge in [0.05, 0.1) is 10.6 Å². The van der Waals surface area contributed by atoms with Crippen LogP contribution in [0.25, 0.3) is 0 Å². The Morgan fingerprint density at radius 2 is 1.69 bits per heavy atom. The summed E-state index contributed by atoms with van der Waals surface area (Å²) in [4.78, 5) is 36.5. The number of carbonyl (C=O) groups is 2. The Labute approximate surface area is 191 Å². The molecule has 1 aromatic heterocycles. The van der Waals surface area contributed by atoms with E-state index in [4.69, 9.17) is 28.3 Å². The minimum Gasteiger partial charge on any atom is -0.478 e. The third-order valence-electron chi connectivity index (χ3n) is 4.90. The van der Waals surface area contributed by atoms with Crippen LogP contribution in [0.1, 0.15) is 37.5 Å². The lowest BCUT2D eigenvalue weighted by atomic mass is 9.99. The zero-order valence-corrected chi connectivity index (χ0v) is 18.3. The van der Waals surface area contributed by atoms with E-state index >= 15 is 8.78 Å². The van der Waals surface area contributed by atoms with Crippen molar-refractivity contribution in [3.63, 3.8) is 0 Å². The fourth-order valence-electron chi connectivity index (χ4n) is 3.22. The van der Waals surface area contributed by atoms with Gasteiger partial charge in [-0.05, 0) is 43.2 Å². The number of hydrogen-bond donors (Lipinski definition) is 1. The van der Waals surface area contributed by atoms with Crippen molar-refractivity contribution in [2.45, 2.75) is 25.8 Å². The van der Waals surface area contributed by atoms with Crippen LogP contribution in [-0.2, 0) is 18.9 Å². The van der Waals surface area contributed by atoms with Gasteiger partial charge in [-0.2, -0.15) is 8.78 Å². The Kier molecular flexibility index (Phi) is 6.81. The molecule has 0 fully saturated rings. The van der Waals surface area contributed by atoms with Crippen LogP contribution in [0.3, 0.4) is 0 Å². The molecule has 0 unspecified atom stereocenters. The molecule has 0 spiro atoms. The van der Waals surface area contributed by atoms with E-state index < -0.39 is 34.5 Å². The molecule has 9 heteroatoms. The van der Waals surface area contributed by atoms with Gasteiger partial charge in [-0.1, -0.05) is 59.1 Å². The second-order valence-corrected chi connectivity index (χ2v) is 7.99. The van der Waals surface area contributed by atoms with Gasteiger partial charge in [-0.25, -0.2) is 4.79 Å². The second-order valence-electron chi connectivity index (χ2n) is 7.17. The summed E-state index contributed by atoms with van der Waals surface area (Å²) < 4.78 is 31.0. The maximum Gasteiger partial charge on any atom is 0.336 e. The quantitative estimate of drug-likeness (QED) is 0.461. The van der Waals surface area contributed by atoms with E-state index in [1.165, 1.54) is 36.4 Å². The first-order chi connectivity index (χ1) is 15.0. The summed E-state index contributed by atoms with van der Waals surface area (Å²) in [7, 11) is 0. The van der Waals surface area contributed by atoms with Crippen LogP contribution in [0, 0.1) is 6.92 Å². The van der Waals surface area contributed by atoms with E-state index in [2.05, 4.69) is 0 Å². The fourth-order valence-corrected chi connectivity index (χ4v) is 3.78. The van der Waals surface area contributed by atoms with Crippen molar-refractivity contribution in [1.29, 1.82) is 0 Å². The second kappa shape index (κ2) is 9.22. The highest BCUT2D eigenvalue weighted by molar-refractivity contribution is 6.36. The smallest absolute Gasteiger partial charge is 0.336 e. The van der Waals surface area contributed by atoms with Gasteiger partial charge in [-0.15, -0.1) is 0 Å². The van der Waals surface area contributed by atoms with Crippen molar-refractivity contribution < 1.29 is 23.5 Å². The minimum atomic E-state index is -3.93. The molecule has 1 N–H and O–H groups in total. The maximum atomic E-state index is 15.1. The number of aromatic nitrogens is 1. The van der Waals surface area contributed by atoms with Gasteiger partial charge in [-0.3, -0.25) is 9.59 Å². The zero-order valence-electron chi connectivity index (χ0n) is 16.7. The van der Waals surface area contributed by atoms with Crippen molar-refractivity contribution >= 4 is 35.0 Å². The van der Waals surface area contributed by atoms with Crippen molar-refractivity contribution in [3.05, 3.63) is 103 Å². The van der Waals surface area contributed by atoms with Crippen LogP contribution in [-0.4, -0.2) is 21.4 Å². The molecule has 0 aliphatic rings. The highest BCUT2D eigenvalue weighted by atomic mass is 35.5. The normalized spacial score (nSPS) is 11.4. The van der Waals surface area contributed by atoms with Crippen LogP contribution in [0.5, 0.6) is 0 Å². The van der Waals surface area contributed by atoms with Crippen molar-refractivity contribution in [2.75, 3.05) is 0 Å². The van der Waals surface area contributed by atoms with Crippen molar-refractivity contribution in [3.8, 4) is 0 Å². The molecule has 0 saturated carbocycles. The average molecular weight is 480 g/mol. The van der Waals surface area contributed by atoms with Gasteiger partial charge in [0.1, 0.15) is 10.7 Å². The van der Waals surface area contributed by atoms with E-state index in [1.807, 2.05) is 0 Å². The standard InChI is InChI=1S/C23H17Cl2F2NO4/c1-13-3-2-4-16(11-13)23(26,27)20(29)19-17(24)12-18(25)21(30)28(19)10-9-14-5-7-15(8-6-14)22(31)32/h2-8,11-12H,9-10H2,1H3,(H,31,32). The molecule has 0 radical (unpaired) electrons. The Morgan fingerprint density at radius 1 is 1.03 bits per heavy atom. The fraction of sp³-hybridized carbons (Fsp3) is 0.174. The number of carboxylic acids is 1. The Balaban J connectivity index is 2.01. The lowest BCUT2D eigenvalue weighted by Crippen LogP contribution is -2.34. The summed E-state index contributed by atoms with van der Waals surface area (Å²) >= 11 is 12.0. The van der Waals surface area contributed by atoms with Gasteiger partial charge in [0.2, 0.25) is 0 Å². The molecule has 3 rings (SSSR count). The molecule has 5 nitrogen and oxygen atoms in total. The minimum absolute atomic E-state index is 0.0744. The summed E-state index contributed by atoms with van der Waals surface area (Å²) in [5.74, 6) is -6.65. The molecule has 3 aromatic rings. The highest BCUT2D eigenvalue weighted by Crippen LogP contribution is 2.34. The first-order valence-corrected chi connectivity index (χ1v) is 10.2. The van der Waals surface area contributed by atoms with Crippen molar-refractivity contribution in [2.24, 2.45) is 0 Å². The molecule has 0 aliphatic carbocycles. The lowest BCUT2D eigenvalue weighted by Gasteiger charge is -2.20. The molecule has 32 heavy (non-hydrogen) atoms. The van der Waals surface area contributed by atoms with Crippen molar-refractivity contribution in [1.82, 2.24) is 4.57 Å². The molecular weight excluding hydrogens is 463 g/mol. The summed E-state index contributed by atoms with van der Waals surface area (Å²) in [5.41, 5.74) is -0.750. The van der Waals surface area contributed by atoms with E-state index in [0.29, 0.717) is 11.1 Å². The van der Waals surface area contributed by atoms with Crippen LogP contribution < -0.4 is 5.56 Å². The predicted octanol–water partition coefficient (Wildman–Crippen LogP) is 5.38.